The lowest BCUT2D eigenvalue weighted by atomic mass is 9.82. The molecule has 1 aliphatic rings. The summed E-state index contributed by atoms with van der Waals surface area (Å²) in [6.45, 7) is 4.12. The van der Waals surface area contributed by atoms with Gasteiger partial charge in [-0.3, -0.25) is 4.79 Å². The third kappa shape index (κ3) is 2.90. The molecule has 3 rings (SSSR count). The number of anilines is 1. The van der Waals surface area contributed by atoms with Crippen molar-refractivity contribution in [3.05, 3.63) is 46.5 Å². The fourth-order valence-electron chi connectivity index (χ4n) is 3.41. The first-order chi connectivity index (χ1) is 12.0. The molecule has 2 aromatic carbocycles. The van der Waals surface area contributed by atoms with E-state index in [1.54, 1.807) is 21.3 Å². The van der Waals surface area contributed by atoms with Crippen LogP contribution in [0.1, 0.15) is 34.6 Å². The largest absolute Gasteiger partial charge is 0.493 e. The van der Waals surface area contributed by atoms with Crippen LogP contribution in [0.5, 0.6) is 17.2 Å². The summed E-state index contributed by atoms with van der Waals surface area (Å²) < 4.78 is 16.5. The number of amides is 1. The molecule has 0 unspecified atom stereocenters. The second-order valence-corrected chi connectivity index (χ2v) is 6.25. The van der Waals surface area contributed by atoms with Gasteiger partial charge in [-0.15, -0.1) is 0 Å². The number of rotatable bonds is 4. The molecule has 1 atom stereocenters. The van der Waals surface area contributed by atoms with E-state index in [4.69, 9.17) is 14.2 Å². The minimum Gasteiger partial charge on any atom is -0.493 e. The third-order valence-corrected chi connectivity index (χ3v) is 4.81. The first-order valence-electron chi connectivity index (χ1n) is 8.20. The highest BCUT2D eigenvalue weighted by Crippen LogP contribution is 2.47. The maximum atomic E-state index is 12.3. The highest BCUT2D eigenvalue weighted by atomic mass is 16.5. The molecule has 0 saturated heterocycles. The monoisotopic (exact) mass is 341 g/mol. The van der Waals surface area contributed by atoms with Crippen LogP contribution in [-0.2, 0) is 4.79 Å². The van der Waals surface area contributed by atoms with Crippen molar-refractivity contribution < 1.29 is 19.0 Å². The number of ether oxygens (including phenoxy) is 3. The average molecular weight is 341 g/mol. The quantitative estimate of drug-likeness (QED) is 0.919. The van der Waals surface area contributed by atoms with E-state index in [0.717, 1.165) is 22.4 Å². The minimum absolute atomic E-state index is 0.00223. The smallest absolute Gasteiger partial charge is 0.225 e. The van der Waals surface area contributed by atoms with Gasteiger partial charge in [0.25, 0.3) is 0 Å². The molecule has 0 aromatic heterocycles. The zero-order valence-electron chi connectivity index (χ0n) is 15.2. The molecule has 1 heterocycles. The summed E-state index contributed by atoms with van der Waals surface area (Å²) in [6, 6.07) is 7.97. The molecule has 2 aromatic rings. The molecule has 1 aliphatic heterocycles. The molecule has 1 N–H and O–H groups in total. The molecule has 0 saturated carbocycles. The Morgan fingerprint density at radius 3 is 2.24 bits per heavy atom. The van der Waals surface area contributed by atoms with Crippen molar-refractivity contribution in [2.24, 2.45) is 0 Å². The van der Waals surface area contributed by atoms with Gasteiger partial charge in [0.2, 0.25) is 11.7 Å². The number of hydrogen-bond acceptors (Lipinski definition) is 4. The van der Waals surface area contributed by atoms with Crippen LogP contribution in [-0.4, -0.2) is 27.2 Å². The van der Waals surface area contributed by atoms with Gasteiger partial charge in [0.1, 0.15) is 0 Å². The van der Waals surface area contributed by atoms with E-state index in [0.29, 0.717) is 23.7 Å². The molecule has 0 bridgehead atoms. The Bertz CT molecular complexity index is 829. The Hall–Kier alpha value is -2.69. The van der Waals surface area contributed by atoms with Gasteiger partial charge in [0.05, 0.1) is 21.3 Å². The zero-order valence-corrected chi connectivity index (χ0v) is 15.2. The van der Waals surface area contributed by atoms with Gasteiger partial charge >= 0.3 is 0 Å². The average Bonchev–Trinajstić information content (AvgIpc) is 2.61. The van der Waals surface area contributed by atoms with Gasteiger partial charge in [-0.1, -0.05) is 12.1 Å². The molecular weight excluding hydrogens is 318 g/mol. The van der Waals surface area contributed by atoms with Crippen LogP contribution in [0.25, 0.3) is 0 Å². The van der Waals surface area contributed by atoms with Gasteiger partial charge in [0, 0.05) is 23.6 Å². The highest BCUT2D eigenvalue weighted by molar-refractivity contribution is 5.95. The zero-order chi connectivity index (χ0) is 18.1. The minimum atomic E-state index is -0.0993. The molecule has 0 spiro atoms. The molecule has 5 heteroatoms. The molecular formula is C20H23NO4. The fourth-order valence-corrected chi connectivity index (χ4v) is 3.41. The molecule has 25 heavy (non-hydrogen) atoms. The SMILES string of the molecule is COc1ccc([C@H]2CC(=O)Nc3cc(C)c(C)cc32)c(OC)c1OC. The van der Waals surface area contributed by atoms with Gasteiger partial charge in [-0.2, -0.15) is 0 Å². The maximum Gasteiger partial charge on any atom is 0.225 e. The van der Waals surface area contributed by atoms with Crippen LogP contribution in [0.2, 0.25) is 0 Å². The Morgan fingerprint density at radius 2 is 1.60 bits per heavy atom. The number of carbonyl (C=O) groups is 1. The van der Waals surface area contributed by atoms with Crippen LogP contribution in [0.4, 0.5) is 5.69 Å². The normalized spacial score (nSPS) is 16.0. The van der Waals surface area contributed by atoms with Crippen molar-refractivity contribution in [1.82, 2.24) is 0 Å². The van der Waals surface area contributed by atoms with Crippen LogP contribution in [0, 0.1) is 13.8 Å². The Morgan fingerprint density at radius 1 is 0.920 bits per heavy atom. The fraction of sp³-hybridized carbons (Fsp3) is 0.350. The number of hydrogen-bond donors (Lipinski definition) is 1. The standard InChI is InChI=1S/C20H23NO4/c1-11-8-15-14(10-18(22)21-16(15)9-12(11)2)13-6-7-17(23-3)20(25-5)19(13)24-4/h6-9,14H,10H2,1-5H3,(H,21,22)/t14-/m1/s1. The predicted octanol–water partition coefficient (Wildman–Crippen LogP) is 3.80. The molecule has 0 fully saturated rings. The molecule has 0 aliphatic carbocycles. The Kier molecular flexibility index (Phi) is 4.57. The molecule has 5 nitrogen and oxygen atoms in total. The summed E-state index contributed by atoms with van der Waals surface area (Å²) in [5.74, 6) is 1.64. The number of carbonyl (C=O) groups excluding carboxylic acids is 1. The first kappa shape index (κ1) is 17.1. The number of nitrogens with one attached hydrogen (secondary N) is 1. The van der Waals surface area contributed by atoms with Gasteiger partial charge in [0.15, 0.2) is 11.5 Å². The number of methoxy groups -OCH3 is 3. The summed E-state index contributed by atoms with van der Waals surface area (Å²) in [4.78, 5) is 12.3. The third-order valence-electron chi connectivity index (χ3n) is 4.81. The van der Waals surface area contributed by atoms with Crippen LogP contribution in [0.3, 0.4) is 0 Å². The topological polar surface area (TPSA) is 56.8 Å². The molecule has 132 valence electrons. The lowest BCUT2D eigenvalue weighted by Gasteiger charge is -2.29. The summed E-state index contributed by atoms with van der Waals surface area (Å²) in [5.41, 5.74) is 5.22. The van der Waals surface area contributed by atoms with Crippen LogP contribution < -0.4 is 19.5 Å². The lowest BCUT2D eigenvalue weighted by Crippen LogP contribution is -2.24. The van der Waals surface area contributed by atoms with Crippen molar-refractivity contribution in [2.75, 3.05) is 26.6 Å². The van der Waals surface area contributed by atoms with Crippen molar-refractivity contribution in [1.29, 1.82) is 0 Å². The van der Waals surface area contributed by atoms with Gasteiger partial charge in [-0.05, 0) is 42.7 Å². The van der Waals surface area contributed by atoms with Gasteiger partial charge < -0.3 is 19.5 Å². The summed E-state index contributed by atoms with van der Waals surface area (Å²) in [6.07, 6.45) is 0.362. The van der Waals surface area contributed by atoms with E-state index in [2.05, 4.69) is 18.3 Å². The van der Waals surface area contributed by atoms with Crippen LogP contribution in [0.15, 0.2) is 24.3 Å². The lowest BCUT2D eigenvalue weighted by molar-refractivity contribution is -0.116. The molecule has 0 radical (unpaired) electrons. The maximum absolute atomic E-state index is 12.3. The van der Waals surface area contributed by atoms with Gasteiger partial charge in [-0.25, -0.2) is 0 Å². The number of fused-ring (bicyclic) bond motifs is 1. The van der Waals surface area contributed by atoms with E-state index in [1.165, 1.54) is 5.56 Å². The predicted molar refractivity (Wildman–Crippen MR) is 97.1 cm³/mol. The number of aryl methyl sites for hydroxylation is 2. The highest BCUT2D eigenvalue weighted by Gasteiger charge is 2.31. The summed E-state index contributed by atoms with van der Waals surface area (Å²) >= 11 is 0. The summed E-state index contributed by atoms with van der Waals surface area (Å²) in [5, 5.41) is 2.98. The Balaban J connectivity index is 2.21. The van der Waals surface area contributed by atoms with E-state index in [1.807, 2.05) is 25.1 Å². The first-order valence-corrected chi connectivity index (χ1v) is 8.20. The van der Waals surface area contributed by atoms with Crippen molar-refractivity contribution in [3.63, 3.8) is 0 Å². The second-order valence-electron chi connectivity index (χ2n) is 6.25. The molecule has 1 amide bonds. The van der Waals surface area contributed by atoms with E-state index in [-0.39, 0.29) is 11.8 Å². The van der Waals surface area contributed by atoms with E-state index in [9.17, 15) is 4.79 Å². The van der Waals surface area contributed by atoms with Crippen LogP contribution >= 0.6 is 0 Å². The summed E-state index contributed by atoms with van der Waals surface area (Å²) in [7, 11) is 4.77. The van der Waals surface area contributed by atoms with Crippen molar-refractivity contribution in [2.45, 2.75) is 26.2 Å². The second kappa shape index (κ2) is 6.67. The van der Waals surface area contributed by atoms with E-state index >= 15 is 0 Å². The van der Waals surface area contributed by atoms with Crippen molar-refractivity contribution in [3.8, 4) is 17.2 Å². The van der Waals surface area contributed by atoms with E-state index < -0.39 is 0 Å². The van der Waals surface area contributed by atoms with Crippen molar-refractivity contribution >= 4 is 11.6 Å². The Labute approximate surface area is 147 Å². The number of benzene rings is 2.